The van der Waals surface area contributed by atoms with Crippen molar-refractivity contribution in [2.75, 3.05) is 0 Å². The Balaban J connectivity index is 1.59. The lowest BCUT2D eigenvalue weighted by atomic mass is 9.96. The molecule has 0 amide bonds. The quantitative estimate of drug-likeness (QED) is 0.376. The topological polar surface area (TPSA) is 12.4 Å². The van der Waals surface area contributed by atoms with Crippen molar-refractivity contribution in [3.8, 4) is 0 Å². The molecule has 0 saturated heterocycles. The van der Waals surface area contributed by atoms with Crippen LogP contribution in [-0.2, 0) is 0 Å². The predicted octanol–water partition coefficient (Wildman–Crippen LogP) is 7.21. The zero-order valence-electron chi connectivity index (χ0n) is 17.1. The van der Waals surface area contributed by atoms with Crippen molar-refractivity contribution in [1.82, 2.24) is 0 Å². The molecule has 1 aromatic rings. The molecule has 27 heavy (non-hydrogen) atoms. The normalized spacial score (nSPS) is 24.0. The molecule has 0 aliphatic heterocycles. The largest absolute Gasteiger partial charge is 0.289 e. The molecule has 3 fully saturated rings. The summed E-state index contributed by atoms with van der Waals surface area (Å²) >= 11 is 0. The standard InChI is InChI=1S/C25H38NP/c1-4-13-22(14-5-1)26-20-21-12-10-11-19-25(21)27(23-15-6-2-7-16-23)24-17-8-3-9-18-24/h10-12,19-20,22-24H,1-9,13-18H2. The number of benzene rings is 1. The first kappa shape index (κ1) is 19.6. The minimum absolute atomic E-state index is 0.0331. The van der Waals surface area contributed by atoms with Gasteiger partial charge >= 0.3 is 0 Å². The van der Waals surface area contributed by atoms with Crippen molar-refractivity contribution >= 4 is 19.4 Å². The Bertz CT molecular complexity index is 574. The summed E-state index contributed by atoms with van der Waals surface area (Å²) in [7, 11) is -0.0331. The van der Waals surface area contributed by atoms with Crippen molar-refractivity contribution in [3.63, 3.8) is 0 Å². The van der Waals surface area contributed by atoms with Gasteiger partial charge in [-0.15, -0.1) is 0 Å². The second-order valence-corrected chi connectivity index (χ2v) is 11.9. The van der Waals surface area contributed by atoms with Crippen molar-refractivity contribution < 1.29 is 0 Å². The fourth-order valence-electron chi connectivity index (χ4n) is 5.66. The molecule has 1 aromatic carbocycles. The molecule has 0 bridgehead atoms. The van der Waals surface area contributed by atoms with Gasteiger partial charge in [0, 0.05) is 12.3 Å². The van der Waals surface area contributed by atoms with Crippen LogP contribution in [0.15, 0.2) is 29.3 Å². The van der Waals surface area contributed by atoms with Crippen LogP contribution in [0.5, 0.6) is 0 Å². The maximum absolute atomic E-state index is 5.07. The van der Waals surface area contributed by atoms with Gasteiger partial charge in [0.1, 0.15) is 0 Å². The summed E-state index contributed by atoms with van der Waals surface area (Å²) in [4.78, 5) is 5.07. The van der Waals surface area contributed by atoms with E-state index in [4.69, 9.17) is 4.99 Å². The van der Waals surface area contributed by atoms with Gasteiger partial charge in [-0.05, 0) is 60.7 Å². The van der Waals surface area contributed by atoms with E-state index in [-0.39, 0.29) is 7.92 Å². The van der Waals surface area contributed by atoms with Gasteiger partial charge in [-0.1, -0.05) is 90.0 Å². The van der Waals surface area contributed by atoms with E-state index in [0.717, 1.165) is 11.3 Å². The molecule has 0 heterocycles. The zero-order valence-corrected chi connectivity index (χ0v) is 18.0. The third-order valence-corrected chi connectivity index (χ3v) is 10.7. The Morgan fingerprint density at radius 2 is 1.19 bits per heavy atom. The molecule has 0 unspecified atom stereocenters. The molecule has 3 saturated carbocycles. The van der Waals surface area contributed by atoms with E-state index in [9.17, 15) is 0 Å². The summed E-state index contributed by atoms with van der Waals surface area (Å²) in [6.07, 6.45) is 23.8. The first-order chi connectivity index (χ1) is 13.4. The van der Waals surface area contributed by atoms with Gasteiger partial charge in [0.05, 0.1) is 0 Å². The molecule has 0 aromatic heterocycles. The van der Waals surface area contributed by atoms with Gasteiger partial charge in [-0.3, -0.25) is 4.99 Å². The van der Waals surface area contributed by atoms with Crippen LogP contribution in [0.1, 0.15) is 102 Å². The van der Waals surface area contributed by atoms with E-state index in [2.05, 4.69) is 30.5 Å². The summed E-state index contributed by atoms with van der Waals surface area (Å²) in [5.41, 5.74) is 3.41. The Labute approximate surface area is 168 Å². The monoisotopic (exact) mass is 383 g/mol. The first-order valence-corrected chi connectivity index (χ1v) is 13.3. The molecule has 0 N–H and O–H groups in total. The molecule has 3 aliphatic carbocycles. The summed E-state index contributed by atoms with van der Waals surface area (Å²) in [6.45, 7) is 0. The molecule has 0 spiro atoms. The molecule has 2 heteroatoms. The van der Waals surface area contributed by atoms with Crippen LogP contribution in [0.4, 0.5) is 0 Å². The van der Waals surface area contributed by atoms with Gasteiger partial charge in [0.2, 0.25) is 0 Å². The van der Waals surface area contributed by atoms with Crippen molar-refractivity contribution in [3.05, 3.63) is 29.8 Å². The molecule has 0 radical (unpaired) electrons. The third-order valence-electron chi connectivity index (χ3n) is 7.15. The van der Waals surface area contributed by atoms with E-state index in [1.54, 1.807) is 5.30 Å². The van der Waals surface area contributed by atoms with Crippen LogP contribution in [-0.4, -0.2) is 23.6 Å². The van der Waals surface area contributed by atoms with Crippen LogP contribution in [0.25, 0.3) is 0 Å². The number of aliphatic imine (C=N–C) groups is 1. The second-order valence-electron chi connectivity index (χ2n) is 9.12. The summed E-state index contributed by atoms with van der Waals surface area (Å²) in [6, 6.07) is 9.97. The first-order valence-electron chi connectivity index (χ1n) is 11.8. The fourth-order valence-corrected chi connectivity index (χ4v) is 9.57. The average Bonchev–Trinajstić information content (AvgIpc) is 2.76. The Morgan fingerprint density at radius 1 is 0.667 bits per heavy atom. The molecule has 4 rings (SSSR count). The van der Waals surface area contributed by atoms with Crippen LogP contribution in [0.2, 0.25) is 0 Å². The highest BCUT2D eigenvalue weighted by atomic mass is 31.1. The van der Waals surface area contributed by atoms with Gasteiger partial charge < -0.3 is 0 Å². The Hall–Kier alpha value is -0.680. The summed E-state index contributed by atoms with van der Waals surface area (Å²) in [5, 5.41) is 1.70. The van der Waals surface area contributed by atoms with Crippen molar-refractivity contribution in [2.45, 2.75) is 114 Å². The number of hydrogen-bond acceptors (Lipinski definition) is 1. The van der Waals surface area contributed by atoms with Crippen molar-refractivity contribution in [1.29, 1.82) is 0 Å². The predicted molar refractivity (Wildman–Crippen MR) is 121 cm³/mol. The highest BCUT2D eigenvalue weighted by molar-refractivity contribution is 7.67. The lowest BCUT2D eigenvalue weighted by Gasteiger charge is -2.39. The summed E-state index contributed by atoms with van der Waals surface area (Å²) < 4.78 is 0. The Kier molecular flexibility index (Phi) is 7.41. The maximum Gasteiger partial charge on any atom is 0.0499 e. The summed E-state index contributed by atoms with van der Waals surface area (Å²) in [5.74, 6) is 0. The van der Waals surface area contributed by atoms with Crippen molar-refractivity contribution in [2.24, 2.45) is 4.99 Å². The maximum atomic E-state index is 5.07. The van der Waals surface area contributed by atoms with E-state index in [0.29, 0.717) is 6.04 Å². The van der Waals surface area contributed by atoms with E-state index in [1.165, 1.54) is 102 Å². The zero-order chi connectivity index (χ0) is 18.3. The molecular weight excluding hydrogens is 345 g/mol. The van der Waals surface area contributed by atoms with Crippen LogP contribution in [0, 0.1) is 0 Å². The van der Waals surface area contributed by atoms with E-state index in [1.807, 2.05) is 0 Å². The fraction of sp³-hybridized carbons (Fsp3) is 0.720. The SMILES string of the molecule is C(=NC1CCCCC1)c1ccccc1P(C1CCCCC1)C1CCCCC1. The number of rotatable bonds is 5. The lowest BCUT2D eigenvalue weighted by Crippen LogP contribution is -2.28. The molecule has 148 valence electrons. The van der Waals surface area contributed by atoms with Gasteiger partial charge in [-0.2, -0.15) is 0 Å². The van der Waals surface area contributed by atoms with Gasteiger partial charge in [0.25, 0.3) is 0 Å². The second kappa shape index (κ2) is 10.2. The minimum Gasteiger partial charge on any atom is -0.289 e. The molecule has 3 aliphatic rings. The van der Waals surface area contributed by atoms with Crippen LogP contribution >= 0.6 is 7.92 Å². The third kappa shape index (κ3) is 5.23. The van der Waals surface area contributed by atoms with E-state index >= 15 is 0 Å². The van der Waals surface area contributed by atoms with Crippen LogP contribution in [0.3, 0.4) is 0 Å². The van der Waals surface area contributed by atoms with Gasteiger partial charge in [-0.25, -0.2) is 0 Å². The number of nitrogens with zero attached hydrogens (tertiary/aromatic N) is 1. The molecular formula is C25H38NP. The van der Waals surface area contributed by atoms with E-state index < -0.39 is 0 Å². The van der Waals surface area contributed by atoms with Gasteiger partial charge in [0.15, 0.2) is 0 Å². The molecule has 1 nitrogen and oxygen atoms in total. The average molecular weight is 384 g/mol. The lowest BCUT2D eigenvalue weighted by molar-refractivity contribution is 0.444. The Morgan fingerprint density at radius 3 is 1.78 bits per heavy atom. The number of hydrogen-bond donors (Lipinski definition) is 0. The highest BCUT2D eigenvalue weighted by Crippen LogP contribution is 2.55. The smallest absolute Gasteiger partial charge is 0.0499 e. The van der Waals surface area contributed by atoms with Crippen LogP contribution < -0.4 is 5.30 Å². The molecule has 0 atom stereocenters. The minimum atomic E-state index is -0.0331. The highest BCUT2D eigenvalue weighted by Gasteiger charge is 2.33.